The Balaban J connectivity index is 2.09. The Morgan fingerprint density at radius 2 is 2.00 bits per heavy atom. The maximum Gasteiger partial charge on any atom is 0.163 e. The molecule has 1 aromatic carbocycles. The smallest absolute Gasteiger partial charge is 0.163 e. The first kappa shape index (κ1) is 14.9. The number of rotatable bonds is 2. The van der Waals surface area contributed by atoms with E-state index < -0.39 is 24.5 Å². The quantitative estimate of drug-likeness (QED) is 0.731. The van der Waals surface area contributed by atoms with Crippen LogP contribution in [-0.2, 0) is 4.74 Å². The van der Waals surface area contributed by atoms with E-state index in [1.54, 1.807) is 22.9 Å². The first-order chi connectivity index (χ1) is 10.0. The highest BCUT2D eigenvalue weighted by atomic mass is 35.5. The van der Waals surface area contributed by atoms with Gasteiger partial charge in [0, 0.05) is 16.6 Å². The summed E-state index contributed by atoms with van der Waals surface area (Å²) in [7, 11) is 0. The molecule has 3 N–H and O–H groups in total. The molecule has 0 bridgehead atoms. The normalized spacial score (nSPS) is 29.1. The summed E-state index contributed by atoms with van der Waals surface area (Å²) in [5.41, 5.74) is 0. The highest BCUT2D eigenvalue weighted by molar-refractivity contribution is 7.71. The summed E-state index contributed by atoms with van der Waals surface area (Å²) in [6.07, 6.45) is -2.30. The van der Waals surface area contributed by atoms with Crippen molar-refractivity contribution in [2.45, 2.75) is 24.5 Å². The molecule has 5 nitrogen and oxygen atoms in total. The van der Waals surface area contributed by atoms with Crippen molar-refractivity contribution in [1.82, 2.24) is 4.57 Å². The van der Waals surface area contributed by atoms with Gasteiger partial charge in [-0.25, -0.2) is 0 Å². The summed E-state index contributed by atoms with van der Waals surface area (Å²) < 4.78 is 7.51. The molecule has 7 heteroatoms. The zero-order valence-electron chi connectivity index (χ0n) is 10.9. The number of benzene rings is 1. The number of nitrogens with zero attached hydrogens (tertiary/aromatic N) is 1. The van der Waals surface area contributed by atoms with Crippen LogP contribution in [0, 0.1) is 4.64 Å². The number of aliphatic hydroxyl groups excluding tert-OH is 3. The van der Waals surface area contributed by atoms with Gasteiger partial charge in [0.05, 0.1) is 6.61 Å². The maximum absolute atomic E-state index is 10.1. The van der Waals surface area contributed by atoms with Gasteiger partial charge in [0.15, 0.2) is 6.23 Å². The first-order valence-electron chi connectivity index (χ1n) is 6.46. The average Bonchev–Trinajstić information content (AvgIpc) is 2.76. The third-order valence-corrected chi connectivity index (χ3v) is 4.35. The fourth-order valence-electron chi connectivity index (χ4n) is 2.54. The van der Waals surface area contributed by atoms with Gasteiger partial charge < -0.3 is 24.6 Å². The lowest BCUT2D eigenvalue weighted by atomic mass is 10.1. The van der Waals surface area contributed by atoms with Crippen LogP contribution in [0.15, 0.2) is 30.5 Å². The lowest BCUT2D eigenvalue weighted by Gasteiger charge is -2.19. The predicted molar refractivity (Wildman–Crippen MR) is 80.8 cm³/mol. The van der Waals surface area contributed by atoms with Crippen molar-refractivity contribution in [1.29, 1.82) is 0 Å². The number of fused-ring (bicyclic) bond motifs is 1. The minimum absolute atomic E-state index is 0.374. The van der Waals surface area contributed by atoms with E-state index in [0.29, 0.717) is 9.66 Å². The van der Waals surface area contributed by atoms with E-state index in [0.717, 1.165) is 10.8 Å². The Kier molecular flexibility index (Phi) is 4.00. The molecular formula is C14H14ClNO4S. The van der Waals surface area contributed by atoms with Gasteiger partial charge in [-0.2, -0.15) is 0 Å². The molecule has 1 aliphatic heterocycles. The second-order valence-corrected chi connectivity index (χ2v) is 5.81. The Morgan fingerprint density at radius 3 is 2.67 bits per heavy atom. The Hall–Kier alpha value is -1.02. The van der Waals surface area contributed by atoms with Crippen molar-refractivity contribution in [2.24, 2.45) is 0 Å². The number of aromatic nitrogens is 1. The molecule has 112 valence electrons. The van der Waals surface area contributed by atoms with Crippen LogP contribution in [0.2, 0.25) is 5.02 Å². The Labute approximate surface area is 131 Å². The number of pyridine rings is 1. The Bertz CT molecular complexity index is 734. The molecule has 0 unspecified atom stereocenters. The summed E-state index contributed by atoms with van der Waals surface area (Å²) in [4.78, 5) is 0. The van der Waals surface area contributed by atoms with Gasteiger partial charge in [-0.3, -0.25) is 0 Å². The summed E-state index contributed by atoms with van der Waals surface area (Å²) in [6.45, 7) is -0.374. The average molecular weight is 328 g/mol. The van der Waals surface area contributed by atoms with Crippen molar-refractivity contribution in [3.05, 3.63) is 40.1 Å². The maximum atomic E-state index is 10.1. The van der Waals surface area contributed by atoms with E-state index >= 15 is 0 Å². The third kappa shape index (κ3) is 2.48. The van der Waals surface area contributed by atoms with Crippen LogP contribution in [0.3, 0.4) is 0 Å². The highest BCUT2D eigenvalue weighted by Gasteiger charge is 2.43. The molecular weight excluding hydrogens is 314 g/mol. The second kappa shape index (κ2) is 5.64. The number of hydrogen-bond donors (Lipinski definition) is 3. The van der Waals surface area contributed by atoms with Crippen LogP contribution in [0.1, 0.15) is 6.23 Å². The van der Waals surface area contributed by atoms with E-state index in [-0.39, 0.29) is 6.61 Å². The van der Waals surface area contributed by atoms with Gasteiger partial charge in [0.25, 0.3) is 0 Å². The molecule has 0 radical (unpaired) electrons. The van der Waals surface area contributed by atoms with Gasteiger partial charge >= 0.3 is 0 Å². The van der Waals surface area contributed by atoms with Crippen molar-refractivity contribution < 1.29 is 20.1 Å². The first-order valence-corrected chi connectivity index (χ1v) is 7.24. The number of aliphatic hydroxyl groups is 3. The van der Waals surface area contributed by atoms with Gasteiger partial charge in [-0.15, -0.1) is 0 Å². The van der Waals surface area contributed by atoms with Crippen LogP contribution in [0.5, 0.6) is 0 Å². The number of halogens is 1. The van der Waals surface area contributed by atoms with E-state index in [2.05, 4.69) is 0 Å². The summed E-state index contributed by atoms with van der Waals surface area (Å²) >= 11 is 11.4. The fourth-order valence-corrected chi connectivity index (χ4v) is 3.05. The minimum atomic E-state index is -1.16. The molecule has 1 aromatic heterocycles. The zero-order valence-corrected chi connectivity index (χ0v) is 12.5. The van der Waals surface area contributed by atoms with Gasteiger partial charge in [0.1, 0.15) is 23.0 Å². The molecule has 2 aromatic rings. The van der Waals surface area contributed by atoms with Gasteiger partial charge in [-0.05, 0) is 23.6 Å². The molecule has 0 aliphatic carbocycles. The lowest BCUT2D eigenvalue weighted by Crippen LogP contribution is -2.33. The molecule has 0 amide bonds. The third-order valence-electron chi connectivity index (χ3n) is 3.69. The molecule has 3 rings (SSSR count). The van der Waals surface area contributed by atoms with Crippen molar-refractivity contribution in [2.75, 3.05) is 6.61 Å². The molecule has 21 heavy (non-hydrogen) atoms. The fraction of sp³-hybridized carbons (Fsp3) is 0.357. The molecule has 1 saturated heterocycles. The van der Waals surface area contributed by atoms with E-state index in [1.165, 1.54) is 0 Å². The van der Waals surface area contributed by atoms with Gasteiger partial charge in [0.2, 0.25) is 0 Å². The standard InChI is InChI=1S/C14H14ClNO4S/c15-8-2-1-7-3-4-16(14(21)9(7)5-8)13-12(19)11(18)10(6-17)20-13/h1-5,10-13,17-19H,6H2/t10-,11-,12+,13-/m1/s1. The topological polar surface area (TPSA) is 74.9 Å². The second-order valence-electron chi connectivity index (χ2n) is 4.99. The van der Waals surface area contributed by atoms with Crippen molar-refractivity contribution in [3.8, 4) is 0 Å². The molecule has 2 heterocycles. The lowest BCUT2D eigenvalue weighted by molar-refractivity contribution is -0.0533. The number of ether oxygens (including phenoxy) is 1. The molecule has 0 saturated carbocycles. The largest absolute Gasteiger partial charge is 0.394 e. The molecule has 1 aliphatic rings. The van der Waals surface area contributed by atoms with E-state index in [1.807, 2.05) is 12.1 Å². The van der Waals surface area contributed by atoms with Crippen molar-refractivity contribution in [3.63, 3.8) is 0 Å². The summed E-state index contributed by atoms with van der Waals surface area (Å²) in [6, 6.07) is 7.21. The van der Waals surface area contributed by atoms with Crippen LogP contribution >= 0.6 is 23.8 Å². The number of hydrogen-bond acceptors (Lipinski definition) is 5. The summed E-state index contributed by atoms with van der Waals surface area (Å²) in [5, 5.41) is 31.3. The summed E-state index contributed by atoms with van der Waals surface area (Å²) in [5.74, 6) is 0. The van der Waals surface area contributed by atoms with Crippen LogP contribution in [0.4, 0.5) is 0 Å². The highest BCUT2D eigenvalue weighted by Crippen LogP contribution is 2.31. The van der Waals surface area contributed by atoms with Gasteiger partial charge in [-0.1, -0.05) is 29.9 Å². The molecule has 0 spiro atoms. The van der Waals surface area contributed by atoms with E-state index in [4.69, 9.17) is 33.7 Å². The Morgan fingerprint density at radius 1 is 1.24 bits per heavy atom. The van der Waals surface area contributed by atoms with Crippen LogP contribution in [0.25, 0.3) is 10.8 Å². The van der Waals surface area contributed by atoms with Crippen LogP contribution < -0.4 is 0 Å². The molecule has 4 atom stereocenters. The van der Waals surface area contributed by atoms with Crippen LogP contribution in [-0.4, -0.2) is 44.8 Å². The zero-order chi connectivity index (χ0) is 15.1. The van der Waals surface area contributed by atoms with Crippen molar-refractivity contribution >= 4 is 34.6 Å². The predicted octanol–water partition coefficient (Wildman–Crippen LogP) is 1.64. The monoisotopic (exact) mass is 327 g/mol. The minimum Gasteiger partial charge on any atom is -0.394 e. The van der Waals surface area contributed by atoms with E-state index in [9.17, 15) is 10.2 Å². The SMILES string of the molecule is OC[C@H]1O[C@@H](n2ccc3ccc(Cl)cc3c2=S)[C@@H](O)[C@@H]1O. The molecule has 1 fully saturated rings.